The molecule has 1 heterocycles. The topological polar surface area (TPSA) is 88.9 Å². The van der Waals surface area contributed by atoms with Crippen LogP contribution < -0.4 is 10.6 Å². The fourth-order valence-corrected chi connectivity index (χ4v) is 4.02. The average Bonchev–Trinajstić information content (AvgIpc) is 3.15. The lowest BCUT2D eigenvalue weighted by molar-refractivity contribution is -0.137. The number of hydrogen-bond acceptors (Lipinski definition) is 5. The Morgan fingerprint density at radius 1 is 1.00 bits per heavy atom. The van der Waals surface area contributed by atoms with Crippen molar-refractivity contribution in [3.05, 3.63) is 63.9 Å². The minimum atomic E-state index is -4.51. The molecule has 3 aromatic rings. The lowest BCUT2D eigenvalue weighted by Crippen LogP contribution is -2.18. The van der Waals surface area contributed by atoms with Crippen LogP contribution in [0.4, 0.5) is 24.5 Å². The number of nitrogens with one attached hydrogen (secondary N) is 2. The highest BCUT2D eigenvalue weighted by Crippen LogP contribution is 2.30. The molecule has 0 bridgehead atoms. The number of carbonyl (C=O) groups is 2. The lowest BCUT2D eigenvalue weighted by Gasteiger charge is -2.10. The molecule has 2 N–H and O–H groups in total. The number of anilines is 2. The number of alkyl halides is 3. The van der Waals surface area contributed by atoms with Crippen LogP contribution in [0.3, 0.4) is 0 Å². The number of amides is 2. The molecule has 3 rings (SSSR count). The Morgan fingerprint density at radius 2 is 1.71 bits per heavy atom. The summed E-state index contributed by atoms with van der Waals surface area (Å²) in [6, 6.07) is 9.07. The van der Waals surface area contributed by atoms with Crippen molar-refractivity contribution in [1.29, 1.82) is 0 Å². The molecule has 34 heavy (non-hydrogen) atoms. The molecular weight excluding hydrogens is 514 g/mol. The Morgan fingerprint density at radius 3 is 2.38 bits per heavy atom. The minimum absolute atomic E-state index is 0.0226. The van der Waals surface area contributed by atoms with Crippen molar-refractivity contribution in [2.24, 2.45) is 0 Å². The van der Waals surface area contributed by atoms with E-state index < -0.39 is 17.6 Å². The minimum Gasteiger partial charge on any atom is -0.326 e. The van der Waals surface area contributed by atoms with Crippen LogP contribution in [0.25, 0.3) is 0 Å². The van der Waals surface area contributed by atoms with Gasteiger partial charge in [0, 0.05) is 17.9 Å². The summed E-state index contributed by atoms with van der Waals surface area (Å²) in [6.07, 6.45) is -4.71. The van der Waals surface area contributed by atoms with Gasteiger partial charge in [-0.05, 0) is 43.3 Å². The standard InChI is InChI=1S/C21H18Cl2F3N5O2S/c1-2-31-17(10-18(32)27-13-5-3-4-12(8-13)21(24,25)26)29-30-20(31)34-11-19(33)28-14-6-7-15(22)16(23)9-14/h3-9H,2,10-11H2,1H3,(H,27,32)(H,28,33). The molecule has 0 saturated carbocycles. The molecule has 0 fully saturated rings. The normalized spacial score (nSPS) is 11.4. The Labute approximate surface area is 207 Å². The van der Waals surface area contributed by atoms with Crippen LogP contribution in [0.2, 0.25) is 10.0 Å². The molecule has 13 heteroatoms. The molecule has 0 aliphatic carbocycles. The van der Waals surface area contributed by atoms with Gasteiger partial charge in [-0.2, -0.15) is 13.2 Å². The molecular formula is C21H18Cl2F3N5O2S. The summed E-state index contributed by atoms with van der Waals surface area (Å²) < 4.78 is 40.2. The van der Waals surface area contributed by atoms with Crippen LogP contribution in [0, 0.1) is 0 Å². The summed E-state index contributed by atoms with van der Waals surface area (Å²) in [5.74, 6) is -0.512. The maximum absolute atomic E-state index is 12.9. The molecule has 7 nitrogen and oxygen atoms in total. The van der Waals surface area contributed by atoms with E-state index >= 15 is 0 Å². The van der Waals surface area contributed by atoms with E-state index in [1.165, 1.54) is 18.2 Å². The van der Waals surface area contributed by atoms with Crippen LogP contribution in [0.1, 0.15) is 18.3 Å². The van der Waals surface area contributed by atoms with Crippen LogP contribution >= 0.6 is 35.0 Å². The van der Waals surface area contributed by atoms with Crippen molar-refractivity contribution in [3.63, 3.8) is 0 Å². The molecule has 0 spiro atoms. The van der Waals surface area contributed by atoms with Gasteiger partial charge < -0.3 is 15.2 Å². The lowest BCUT2D eigenvalue weighted by atomic mass is 10.2. The first-order valence-electron chi connectivity index (χ1n) is 9.83. The van der Waals surface area contributed by atoms with Crippen molar-refractivity contribution in [2.45, 2.75) is 31.2 Å². The maximum atomic E-state index is 12.9. The molecule has 180 valence electrons. The van der Waals surface area contributed by atoms with Crippen LogP contribution in [-0.4, -0.2) is 32.3 Å². The fourth-order valence-electron chi connectivity index (χ4n) is 2.90. The zero-order chi connectivity index (χ0) is 24.9. The van der Waals surface area contributed by atoms with Gasteiger partial charge in [0.25, 0.3) is 0 Å². The van der Waals surface area contributed by atoms with E-state index in [1.807, 2.05) is 6.92 Å². The van der Waals surface area contributed by atoms with E-state index in [9.17, 15) is 22.8 Å². The quantitative estimate of drug-likeness (QED) is 0.372. The van der Waals surface area contributed by atoms with Gasteiger partial charge in [0.2, 0.25) is 11.8 Å². The Balaban J connectivity index is 1.59. The van der Waals surface area contributed by atoms with Crippen LogP contribution in [0.5, 0.6) is 0 Å². The van der Waals surface area contributed by atoms with Gasteiger partial charge in [-0.15, -0.1) is 10.2 Å². The number of halogens is 5. The average molecular weight is 532 g/mol. The van der Waals surface area contributed by atoms with Gasteiger partial charge in [0.15, 0.2) is 5.16 Å². The predicted octanol–water partition coefficient (Wildman–Crippen LogP) is 5.54. The number of thioether (sulfide) groups is 1. The van der Waals surface area contributed by atoms with Gasteiger partial charge in [-0.25, -0.2) is 0 Å². The largest absolute Gasteiger partial charge is 0.416 e. The van der Waals surface area contributed by atoms with E-state index in [0.29, 0.717) is 33.3 Å². The van der Waals surface area contributed by atoms with Gasteiger partial charge in [-0.1, -0.05) is 41.0 Å². The van der Waals surface area contributed by atoms with E-state index in [-0.39, 0.29) is 23.8 Å². The summed E-state index contributed by atoms with van der Waals surface area (Å²) in [5.41, 5.74) is -0.347. The first-order chi connectivity index (χ1) is 16.1. The zero-order valence-corrected chi connectivity index (χ0v) is 19.9. The Bertz CT molecular complexity index is 1200. The van der Waals surface area contributed by atoms with Crippen molar-refractivity contribution >= 4 is 58.2 Å². The second-order valence-electron chi connectivity index (χ2n) is 6.91. The van der Waals surface area contributed by atoms with Gasteiger partial charge in [0.05, 0.1) is 27.8 Å². The second-order valence-corrected chi connectivity index (χ2v) is 8.67. The molecule has 2 amide bonds. The highest BCUT2D eigenvalue weighted by Gasteiger charge is 2.30. The fraction of sp³-hybridized carbons (Fsp3) is 0.238. The van der Waals surface area contributed by atoms with E-state index in [0.717, 1.165) is 23.9 Å². The smallest absolute Gasteiger partial charge is 0.326 e. The summed E-state index contributed by atoms with van der Waals surface area (Å²) in [7, 11) is 0. The zero-order valence-electron chi connectivity index (χ0n) is 17.6. The third-order valence-corrected chi connectivity index (χ3v) is 6.14. The van der Waals surface area contributed by atoms with Gasteiger partial charge in [0.1, 0.15) is 5.82 Å². The first-order valence-corrected chi connectivity index (χ1v) is 11.6. The summed E-state index contributed by atoms with van der Waals surface area (Å²) in [5, 5.41) is 14.3. The predicted molar refractivity (Wildman–Crippen MR) is 125 cm³/mol. The SMILES string of the molecule is CCn1c(CC(=O)Nc2cccc(C(F)(F)F)c2)nnc1SCC(=O)Nc1ccc(Cl)c(Cl)c1. The number of hydrogen-bond donors (Lipinski definition) is 2. The molecule has 0 aliphatic rings. The second kappa shape index (κ2) is 11.1. The van der Waals surface area contributed by atoms with Crippen molar-refractivity contribution in [3.8, 4) is 0 Å². The molecule has 0 aliphatic heterocycles. The highest BCUT2D eigenvalue weighted by atomic mass is 35.5. The molecule has 1 aromatic heterocycles. The first kappa shape index (κ1) is 25.9. The van der Waals surface area contributed by atoms with E-state index in [1.54, 1.807) is 16.7 Å². The molecule has 0 unspecified atom stereocenters. The monoisotopic (exact) mass is 531 g/mol. The summed E-state index contributed by atoms with van der Waals surface area (Å²) in [4.78, 5) is 24.6. The summed E-state index contributed by atoms with van der Waals surface area (Å²) >= 11 is 12.9. The van der Waals surface area contributed by atoms with Crippen molar-refractivity contribution < 1.29 is 22.8 Å². The van der Waals surface area contributed by atoms with Crippen LogP contribution in [-0.2, 0) is 28.7 Å². The highest BCUT2D eigenvalue weighted by molar-refractivity contribution is 7.99. The Kier molecular flexibility index (Phi) is 8.45. The molecule has 0 saturated heterocycles. The van der Waals surface area contributed by atoms with Crippen molar-refractivity contribution in [2.75, 3.05) is 16.4 Å². The molecule has 2 aromatic carbocycles. The Hall–Kier alpha value is -2.76. The van der Waals surface area contributed by atoms with E-state index in [4.69, 9.17) is 23.2 Å². The van der Waals surface area contributed by atoms with E-state index in [2.05, 4.69) is 20.8 Å². The number of aromatic nitrogens is 3. The molecule has 0 radical (unpaired) electrons. The maximum Gasteiger partial charge on any atom is 0.416 e. The molecule has 0 atom stereocenters. The third-order valence-electron chi connectivity index (χ3n) is 4.44. The number of nitrogens with zero attached hydrogens (tertiary/aromatic N) is 3. The number of carbonyl (C=O) groups excluding carboxylic acids is 2. The number of rotatable bonds is 8. The number of benzene rings is 2. The third kappa shape index (κ3) is 6.87. The van der Waals surface area contributed by atoms with Crippen molar-refractivity contribution in [1.82, 2.24) is 14.8 Å². The van der Waals surface area contributed by atoms with Gasteiger partial charge in [-0.3, -0.25) is 9.59 Å². The summed E-state index contributed by atoms with van der Waals surface area (Å²) in [6.45, 7) is 2.24. The van der Waals surface area contributed by atoms with Gasteiger partial charge >= 0.3 is 6.18 Å². The van der Waals surface area contributed by atoms with Crippen LogP contribution in [0.15, 0.2) is 47.6 Å².